The van der Waals surface area contributed by atoms with E-state index in [0.717, 1.165) is 29.8 Å². The minimum atomic E-state index is -0.950. The van der Waals surface area contributed by atoms with Crippen molar-refractivity contribution < 1.29 is 19.4 Å². The molecule has 0 fully saturated rings. The molecule has 7 heteroatoms. The molecule has 0 spiro atoms. The van der Waals surface area contributed by atoms with Gasteiger partial charge in [0.1, 0.15) is 5.82 Å². The van der Waals surface area contributed by atoms with Crippen molar-refractivity contribution in [3.8, 4) is 11.1 Å². The van der Waals surface area contributed by atoms with Crippen molar-refractivity contribution in [1.29, 1.82) is 0 Å². The molecular weight excluding hydrogens is 394 g/mol. The zero-order chi connectivity index (χ0) is 22.4. The van der Waals surface area contributed by atoms with Crippen molar-refractivity contribution in [2.45, 2.75) is 45.4 Å². The van der Waals surface area contributed by atoms with Crippen LogP contribution in [0.2, 0.25) is 0 Å². The van der Waals surface area contributed by atoms with Crippen LogP contribution in [0.5, 0.6) is 0 Å². The number of carboxylic acids is 1. The van der Waals surface area contributed by atoms with E-state index in [-0.39, 0.29) is 5.56 Å². The number of aromatic carboxylic acids is 1. The molecule has 0 radical (unpaired) electrons. The lowest BCUT2D eigenvalue weighted by Gasteiger charge is -2.27. The zero-order valence-corrected chi connectivity index (χ0v) is 18.5. The van der Waals surface area contributed by atoms with E-state index in [2.05, 4.69) is 6.92 Å². The van der Waals surface area contributed by atoms with E-state index in [1.54, 1.807) is 26.4 Å². The molecule has 1 N–H and O–H groups in total. The van der Waals surface area contributed by atoms with Crippen molar-refractivity contribution in [3.63, 3.8) is 0 Å². The number of methoxy groups -OCH3 is 2. The van der Waals surface area contributed by atoms with Gasteiger partial charge in [-0.05, 0) is 22.8 Å². The summed E-state index contributed by atoms with van der Waals surface area (Å²) in [6.07, 6.45) is 2.26. The van der Waals surface area contributed by atoms with Crippen molar-refractivity contribution >= 4 is 5.97 Å². The molecule has 164 valence electrons. The summed E-state index contributed by atoms with van der Waals surface area (Å²) in [6.45, 7) is 4.65. The van der Waals surface area contributed by atoms with Gasteiger partial charge in [0.15, 0.2) is 0 Å². The van der Waals surface area contributed by atoms with Crippen LogP contribution in [-0.2, 0) is 28.2 Å². The minimum absolute atomic E-state index is 0.288. The van der Waals surface area contributed by atoms with E-state index >= 15 is 0 Å². The Morgan fingerprint density at radius 2 is 1.74 bits per heavy atom. The molecule has 0 saturated heterocycles. The van der Waals surface area contributed by atoms with Crippen LogP contribution in [0.15, 0.2) is 48.5 Å². The fourth-order valence-corrected chi connectivity index (χ4v) is 3.72. The van der Waals surface area contributed by atoms with Crippen LogP contribution in [0.25, 0.3) is 11.1 Å². The van der Waals surface area contributed by atoms with Crippen molar-refractivity contribution in [3.05, 3.63) is 71.3 Å². The lowest BCUT2D eigenvalue weighted by atomic mass is 9.99. The Morgan fingerprint density at radius 3 is 2.32 bits per heavy atom. The van der Waals surface area contributed by atoms with Gasteiger partial charge in [-0.2, -0.15) is 0 Å². The summed E-state index contributed by atoms with van der Waals surface area (Å²) in [5.41, 5.74) is 2.88. The topological polar surface area (TPSA) is 86.5 Å². The molecule has 0 atom stereocenters. The minimum Gasteiger partial charge on any atom is -0.478 e. The first kappa shape index (κ1) is 22.7. The Morgan fingerprint density at radius 1 is 1.06 bits per heavy atom. The Labute approximate surface area is 182 Å². The Balaban J connectivity index is 1.88. The first-order valence-electron chi connectivity index (χ1n) is 10.4. The second-order valence-electron chi connectivity index (χ2n) is 7.32. The van der Waals surface area contributed by atoms with E-state index in [4.69, 9.17) is 19.6 Å². The van der Waals surface area contributed by atoms with E-state index < -0.39 is 11.8 Å². The molecule has 3 rings (SSSR count). The van der Waals surface area contributed by atoms with Crippen LogP contribution in [0, 0.1) is 0 Å². The van der Waals surface area contributed by atoms with Crippen LogP contribution in [0.1, 0.15) is 54.3 Å². The standard InChI is InChI=1S/C24H29N3O4/c1-5-15-24(30-3,31-4)23-25-21(6-2)27(26-23)16-17-11-13-18(14-12-17)19-9-7-8-10-20(19)22(28)29/h7-14H,5-6,15-16H2,1-4H3,(H,28,29). The van der Waals surface area contributed by atoms with Gasteiger partial charge >= 0.3 is 5.97 Å². The summed E-state index contributed by atoms with van der Waals surface area (Å²) in [4.78, 5) is 16.2. The Bertz CT molecular complexity index is 1020. The SMILES string of the molecule is CCCC(OC)(OC)c1nc(CC)n(Cc2ccc(-c3ccccc3C(=O)O)cc2)n1. The van der Waals surface area contributed by atoms with Gasteiger partial charge in [-0.25, -0.2) is 14.5 Å². The smallest absolute Gasteiger partial charge is 0.336 e. The molecular formula is C24H29N3O4. The van der Waals surface area contributed by atoms with Crippen molar-refractivity contribution in [1.82, 2.24) is 14.8 Å². The summed E-state index contributed by atoms with van der Waals surface area (Å²) >= 11 is 0. The van der Waals surface area contributed by atoms with Gasteiger partial charge in [0.2, 0.25) is 11.6 Å². The maximum absolute atomic E-state index is 11.5. The largest absolute Gasteiger partial charge is 0.478 e. The van der Waals surface area contributed by atoms with Crippen LogP contribution < -0.4 is 0 Å². The molecule has 3 aromatic rings. The fourth-order valence-electron chi connectivity index (χ4n) is 3.72. The van der Waals surface area contributed by atoms with Gasteiger partial charge in [0.05, 0.1) is 12.1 Å². The Kier molecular flexibility index (Phi) is 7.20. The summed E-state index contributed by atoms with van der Waals surface area (Å²) in [6, 6.07) is 14.9. The molecule has 0 bridgehead atoms. The highest BCUT2D eigenvalue weighted by Gasteiger charge is 2.36. The lowest BCUT2D eigenvalue weighted by Crippen LogP contribution is -2.32. The van der Waals surface area contributed by atoms with E-state index in [9.17, 15) is 9.90 Å². The van der Waals surface area contributed by atoms with E-state index in [1.165, 1.54) is 0 Å². The third-order valence-electron chi connectivity index (χ3n) is 5.40. The molecule has 0 saturated carbocycles. The van der Waals surface area contributed by atoms with Gasteiger partial charge in [0, 0.05) is 27.1 Å². The highest BCUT2D eigenvalue weighted by Crippen LogP contribution is 2.29. The normalized spacial score (nSPS) is 11.6. The van der Waals surface area contributed by atoms with Crippen molar-refractivity contribution in [2.75, 3.05) is 14.2 Å². The molecule has 1 heterocycles. The van der Waals surface area contributed by atoms with Gasteiger partial charge in [0.25, 0.3) is 0 Å². The quantitative estimate of drug-likeness (QED) is 0.483. The van der Waals surface area contributed by atoms with E-state index in [1.807, 2.05) is 48.0 Å². The third kappa shape index (κ3) is 4.68. The molecule has 0 amide bonds. The van der Waals surface area contributed by atoms with Gasteiger partial charge in [-0.1, -0.05) is 62.7 Å². The zero-order valence-electron chi connectivity index (χ0n) is 18.5. The summed E-state index contributed by atoms with van der Waals surface area (Å²) in [5, 5.41) is 14.1. The maximum Gasteiger partial charge on any atom is 0.336 e. The first-order chi connectivity index (χ1) is 15.0. The second kappa shape index (κ2) is 9.85. The summed E-state index contributed by atoms with van der Waals surface area (Å²) < 4.78 is 13.2. The van der Waals surface area contributed by atoms with Crippen LogP contribution in [0.3, 0.4) is 0 Å². The number of aromatic nitrogens is 3. The predicted octanol–water partition coefficient (Wildman–Crippen LogP) is 4.50. The van der Waals surface area contributed by atoms with Crippen LogP contribution >= 0.6 is 0 Å². The number of rotatable bonds is 10. The number of benzene rings is 2. The first-order valence-corrected chi connectivity index (χ1v) is 10.4. The molecule has 7 nitrogen and oxygen atoms in total. The monoisotopic (exact) mass is 423 g/mol. The second-order valence-corrected chi connectivity index (χ2v) is 7.32. The number of carbonyl (C=O) groups is 1. The van der Waals surface area contributed by atoms with E-state index in [0.29, 0.717) is 24.4 Å². The molecule has 1 aromatic heterocycles. The average molecular weight is 424 g/mol. The number of aryl methyl sites for hydroxylation is 1. The van der Waals surface area contributed by atoms with Gasteiger partial charge < -0.3 is 14.6 Å². The molecule has 0 aliphatic rings. The number of hydrogen-bond donors (Lipinski definition) is 1. The molecule has 0 unspecified atom stereocenters. The number of hydrogen-bond acceptors (Lipinski definition) is 5. The Hall–Kier alpha value is -3.03. The summed E-state index contributed by atoms with van der Waals surface area (Å²) in [5.74, 6) is -0.503. The number of carboxylic acid groups (broad SMARTS) is 1. The van der Waals surface area contributed by atoms with Gasteiger partial charge in [-0.15, -0.1) is 5.10 Å². The number of nitrogens with zero attached hydrogens (tertiary/aromatic N) is 3. The molecule has 0 aliphatic carbocycles. The molecule has 0 aliphatic heterocycles. The average Bonchev–Trinajstić information content (AvgIpc) is 3.21. The van der Waals surface area contributed by atoms with Crippen LogP contribution in [0.4, 0.5) is 0 Å². The number of ether oxygens (including phenoxy) is 2. The highest BCUT2D eigenvalue weighted by molar-refractivity contribution is 5.95. The third-order valence-corrected chi connectivity index (χ3v) is 5.40. The lowest BCUT2D eigenvalue weighted by molar-refractivity contribution is -0.225. The summed E-state index contributed by atoms with van der Waals surface area (Å²) in [7, 11) is 3.22. The molecule has 2 aromatic carbocycles. The maximum atomic E-state index is 11.5. The predicted molar refractivity (Wildman–Crippen MR) is 118 cm³/mol. The molecule has 31 heavy (non-hydrogen) atoms. The fraction of sp³-hybridized carbons (Fsp3) is 0.375. The van der Waals surface area contributed by atoms with Crippen molar-refractivity contribution in [2.24, 2.45) is 0 Å². The highest BCUT2D eigenvalue weighted by atomic mass is 16.7. The van der Waals surface area contributed by atoms with Gasteiger partial charge in [-0.3, -0.25) is 0 Å². The van der Waals surface area contributed by atoms with Crippen LogP contribution in [-0.4, -0.2) is 40.1 Å².